The summed E-state index contributed by atoms with van der Waals surface area (Å²) < 4.78 is 6.15. The molecular formula is C14H18BrNO3. The van der Waals surface area contributed by atoms with Crippen molar-refractivity contribution in [3.05, 3.63) is 33.8 Å². The molecule has 0 radical (unpaired) electrons. The maximum Gasteiger partial charge on any atom is 0.408 e. The van der Waals surface area contributed by atoms with Crippen LogP contribution in [0.15, 0.2) is 22.7 Å². The van der Waals surface area contributed by atoms with Crippen molar-refractivity contribution in [3.8, 4) is 0 Å². The SMILES string of the molecule is CC(C)(C)OC(=O)NC1CC(O)c2cc(Br)ccc21. The third-order valence-corrected chi connectivity index (χ3v) is 3.43. The van der Waals surface area contributed by atoms with E-state index in [-0.39, 0.29) is 6.04 Å². The molecule has 0 saturated heterocycles. The Morgan fingerprint density at radius 3 is 2.74 bits per heavy atom. The van der Waals surface area contributed by atoms with Crippen molar-refractivity contribution in [2.75, 3.05) is 0 Å². The fraction of sp³-hybridized carbons (Fsp3) is 0.500. The van der Waals surface area contributed by atoms with E-state index in [1.807, 2.05) is 39.0 Å². The van der Waals surface area contributed by atoms with E-state index in [2.05, 4.69) is 21.2 Å². The molecule has 0 fully saturated rings. The smallest absolute Gasteiger partial charge is 0.408 e. The molecule has 0 aromatic heterocycles. The number of alkyl carbamates (subject to hydrolysis) is 1. The van der Waals surface area contributed by atoms with Crippen LogP contribution in [0.1, 0.15) is 50.5 Å². The topological polar surface area (TPSA) is 58.6 Å². The Balaban J connectivity index is 2.11. The van der Waals surface area contributed by atoms with Crippen LogP contribution in [0.3, 0.4) is 0 Å². The van der Waals surface area contributed by atoms with Gasteiger partial charge in [0.15, 0.2) is 0 Å². The number of halogens is 1. The Morgan fingerprint density at radius 2 is 2.11 bits per heavy atom. The van der Waals surface area contributed by atoms with Gasteiger partial charge in [0, 0.05) is 10.9 Å². The van der Waals surface area contributed by atoms with Gasteiger partial charge >= 0.3 is 6.09 Å². The first-order valence-corrected chi connectivity index (χ1v) is 7.02. The van der Waals surface area contributed by atoms with E-state index in [1.54, 1.807) is 0 Å². The number of rotatable bonds is 1. The molecule has 2 rings (SSSR count). The number of hydrogen-bond acceptors (Lipinski definition) is 3. The molecule has 0 bridgehead atoms. The van der Waals surface area contributed by atoms with Crippen molar-refractivity contribution in [2.45, 2.75) is 44.9 Å². The second-order valence-corrected chi connectivity index (χ2v) is 6.64. The molecule has 2 N–H and O–H groups in total. The van der Waals surface area contributed by atoms with E-state index in [1.165, 1.54) is 0 Å². The number of carbonyl (C=O) groups excluding carboxylic acids is 1. The number of aliphatic hydroxyl groups excluding tert-OH is 1. The van der Waals surface area contributed by atoms with Gasteiger partial charge in [0.05, 0.1) is 12.1 Å². The fourth-order valence-corrected chi connectivity index (χ4v) is 2.59. The van der Waals surface area contributed by atoms with E-state index in [4.69, 9.17) is 4.74 Å². The highest BCUT2D eigenvalue weighted by Crippen LogP contribution is 2.39. The van der Waals surface area contributed by atoms with E-state index < -0.39 is 17.8 Å². The normalized spacial score (nSPS) is 21.9. The Morgan fingerprint density at radius 1 is 1.42 bits per heavy atom. The predicted molar refractivity (Wildman–Crippen MR) is 75.8 cm³/mol. The van der Waals surface area contributed by atoms with Crippen LogP contribution in [0.5, 0.6) is 0 Å². The second-order valence-electron chi connectivity index (χ2n) is 5.72. The summed E-state index contributed by atoms with van der Waals surface area (Å²) in [5.41, 5.74) is 1.28. The highest BCUT2D eigenvalue weighted by atomic mass is 79.9. The van der Waals surface area contributed by atoms with Gasteiger partial charge in [0.25, 0.3) is 0 Å². The Hall–Kier alpha value is -1.07. The van der Waals surface area contributed by atoms with Crippen LogP contribution in [-0.2, 0) is 4.74 Å². The summed E-state index contributed by atoms with van der Waals surface area (Å²) >= 11 is 3.38. The zero-order chi connectivity index (χ0) is 14.2. The molecule has 1 aliphatic rings. The van der Waals surface area contributed by atoms with Gasteiger partial charge < -0.3 is 15.2 Å². The number of ether oxygens (including phenoxy) is 1. The lowest BCUT2D eigenvalue weighted by molar-refractivity contribution is 0.0493. The third-order valence-electron chi connectivity index (χ3n) is 2.93. The molecule has 4 nitrogen and oxygen atoms in total. The van der Waals surface area contributed by atoms with Gasteiger partial charge in [-0.1, -0.05) is 22.0 Å². The molecule has 104 valence electrons. The minimum Gasteiger partial charge on any atom is -0.444 e. The zero-order valence-corrected chi connectivity index (χ0v) is 12.8. The van der Waals surface area contributed by atoms with Gasteiger partial charge in [-0.25, -0.2) is 4.79 Å². The number of nitrogens with one attached hydrogen (secondary N) is 1. The maximum atomic E-state index is 11.8. The maximum absolute atomic E-state index is 11.8. The molecule has 1 aromatic carbocycles. The molecule has 0 saturated carbocycles. The summed E-state index contributed by atoms with van der Waals surface area (Å²) in [6, 6.07) is 5.50. The van der Waals surface area contributed by atoms with E-state index in [9.17, 15) is 9.90 Å². The molecular weight excluding hydrogens is 310 g/mol. The third kappa shape index (κ3) is 3.48. The minimum absolute atomic E-state index is 0.201. The van der Waals surface area contributed by atoms with Gasteiger partial charge in [-0.15, -0.1) is 0 Å². The van der Waals surface area contributed by atoms with Gasteiger partial charge in [-0.3, -0.25) is 0 Å². The molecule has 1 amide bonds. The number of fused-ring (bicyclic) bond motifs is 1. The largest absolute Gasteiger partial charge is 0.444 e. The molecule has 5 heteroatoms. The van der Waals surface area contributed by atoms with Crippen LogP contribution in [0.4, 0.5) is 4.79 Å². The number of benzene rings is 1. The van der Waals surface area contributed by atoms with E-state index >= 15 is 0 Å². The Kier molecular flexibility index (Phi) is 3.87. The van der Waals surface area contributed by atoms with Crippen molar-refractivity contribution in [3.63, 3.8) is 0 Å². The fourth-order valence-electron chi connectivity index (χ4n) is 2.22. The summed E-state index contributed by atoms with van der Waals surface area (Å²) in [6.45, 7) is 5.46. The molecule has 2 atom stereocenters. The van der Waals surface area contributed by atoms with Gasteiger partial charge in [0.2, 0.25) is 0 Å². The lowest BCUT2D eigenvalue weighted by Gasteiger charge is -2.22. The van der Waals surface area contributed by atoms with Crippen molar-refractivity contribution >= 4 is 22.0 Å². The van der Waals surface area contributed by atoms with Crippen molar-refractivity contribution in [1.29, 1.82) is 0 Å². The first-order valence-electron chi connectivity index (χ1n) is 6.23. The van der Waals surface area contributed by atoms with E-state index in [0.29, 0.717) is 6.42 Å². The standard InChI is InChI=1S/C14H18BrNO3/c1-14(2,3)19-13(18)16-11-7-12(17)10-6-8(15)4-5-9(10)11/h4-6,11-12,17H,7H2,1-3H3,(H,16,18). The molecule has 0 aliphatic heterocycles. The predicted octanol–water partition coefficient (Wildman–Crippen LogP) is 3.45. The second kappa shape index (κ2) is 5.13. The average molecular weight is 328 g/mol. The monoisotopic (exact) mass is 327 g/mol. The number of hydrogen-bond donors (Lipinski definition) is 2. The summed E-state index contributed by atoms with van der Waals surface area (Å²) in [6.07, 6.45) is -0.529. The first-order chi connectivity index (χ1) is 8.76. The van der Waals surface area contributed by atoms with Gasteiger partial charge in [-0.05, 0) is 44.0 Å². The van der Waals surface area contributed by atoms with Crippen LogP contribution >= 0.6 is 15.9 Å². The van der Waals surface area contributed by atoms with Crippen LogP contribution in [0, 0.1) is 0 Å². The van der Waals surface area contributed by atoms with Crippen molar-refractivity contribution in [1.82, 2.24) is 5.32 Å². The summed E-state index contributed by atoms with van der Waals surface area (Å²) in [5, 5.41) is 12.8. The molecule has 19 heavy (non-hydrogen) atoms. The molecule has 0 spiro atoms. The quantitative estimate of drug-likeness (QED) is 0.830. The summed E-state index contributed by atoms with van der Waals surface area (Å²) in [5.74, 6) is 0. The van der Waals surface area contributed by atoms with Crippen LogP contribution in [0.2, 0.25) is 0 Å². The molecule has 1 aromatic rings. The van der Waals surface area contributed by atoms with Crippen LogP contribution in [0.25, 0.3) is 0 Å². The minimum atomic E-state index is -0.549. The number of amides is 1. The highest BCUT2D eigenvalue weighted by molar-refractivity contribution is 9.10. The van der Waals surface area contributed by atoms with Crippen molar-refractivity contribution < 1.29 is 14.6 Å². The Labute approximate surface area is 121 Å². The number of aliphatic hydroxyl groups is 1. The molecule has 1 aliphatic carbocycles. The number of carbonyl (C=O) groups is 1. The zero-order valence-electron chi connectivity index (χ0n) is 11.2. The lowest BCUT2D eigenvalue weighted by atomic mass is 10.1. The van der Waals surface area contributed by atoms with Crippen LogP contribution in [-0.4, -0.2) is 16.8 Å². The molecule has 2 unspecified atom stereocenters. The Bertz CT molecular complexity index is 496. The van der Waals surface area contributed by atoms with Crippen molar-refractivity contribution in [2.24, 2.45) is 0 Å². The van der Waals surface area contributed by atoms with Gasteiger partial charge in [0.1, 0.15) is 5.60 Å². The molecule has 0 heterocycles. The average Bonchev–Trinajstić information content (AvgIpc) is 2.52. The highest BCUT2D eigenvalue weighted by Gasteiger charge is 2.31. The van der Waals surface area contributed by atoms with Gasteiger partial charge in [-0.2, -0.15) is 0 Å². The first kappa shape index (κ1) is 14.3. The van der Waals surface area contributed by atoms with E-state index in [0.717, 1.165) is 15.6 Å². The van der Waals surface area contributed by atoms with Crippen LogP contribution < -0.4 is 5.32 Å². The lowest BCUT2D eigenvalue weighted by Crippen LogP contribution is -2.34. The summed E-state index contributed by atoms with van der Waals surface area (Å²) in [4.78, 5) is 11.8. The summed E-state index contributed by atoms with van der Waals surface area (Å²) in [7, 11) is 0.